The van der Waals surface area contributed by atoms with Gasteiger partial charge in [0, 0.05) is 22.8 Å². The van der Waals surface area contributed by atoms with Gasteiger partial charge < -0.3 is 5.32 Å². The van der Waals surface area contributed by atoms with Gasteiger partial charge in [-0.1, -0.05) is 18.2 Å². The van der Waals surface area contributed by atoms with Gasteiger partial charge in [0.25, 0.3) is 10.0 Å². The van der Waals surface area contributed by atoms with Gasteiger partial charge in [0.15, 0.2) is 0 Å². The summed E-state index contributed by atoms with van der Waals surface area (Å²) < 4.78 is 27.4. The number of nitrogens with zero attached hydrogens (tertiary/aromatic N) is 1. The predicted molar refractivity (Wildman–Crippen MR) is 86.5 cm³/mol. The monoisotopic (exact) mass is 322 g/mol. The third-order valence-electron chi connectivity index (χ3n) is 3.69. The zero-order valence-corrected chi connectivity index (χ0v) is 13.7. The average Bonchev–Trinajstić information content (AvgIpc) is 3.03. The number of nitrogens with one attached hydrogen (secondary N) is 1. The minimum absolute atomic E-state index is 0.439. The van der Waals surface area contributed by atoms with Crippen LogP contribution in [-0.2, 0) is 23.0 Å². The van der Waals surface area contributed by atoms with Crippen molar-refractivity contribution in [2.75, 3.05) is 17.9 Å². The van der Waals surface area contributed by atoms with Crippen molar-refractivity contribution in [2.24, 2.45) is 0 Å². The highest BCUT2D eigenvalue weighted by molar-refractivity contribution is 7.93. The third-order valence-corrected chi connectivity index (χ3v) is 6.81. The Hall–Kier alpha value is -1.37. The molecule has 0 fully saturated rings. The molecule has 1 aliphatic rings. The lowest BCUT2D eigenvalue weighted by Gasteiger charge is -2.19. The van der Waals surface area contributed by atoms with Gasteiger partial charge in [-0.25, -0.2) is 8.42 Å². The van der Waals surface area contributed by atoms with E-state index in [1.807, 2.05) is 38.2 Å². The highest BCUT2D eigenvalue weighted by atomic mass is 32.2. The van der Waals surface area contributed by atoms with Crippen molar-refractivity contribution in [1.29, 1.82) is 0 Å². The smallest absolute Gasteiger partial charge is 0.265 e. The number of aryl methyl sites for hydroxylation is 1. The normalized spacial score (nSPS) is 14.5. The van der Waals surface area contributed by atoms with Crippen molar-refractivity contribution in [1.82, 2.24) is 5.32 Å². The molecule has 0 saturated carbocycles. The van der Waals surface area contributed by atoms with E-state index in [1.54, 1.807) is 10.4 Å². The van der Waals surface area contributed by atoms with Crippen LogP contribution >= 0.6 is 11.3 Å². The topological polar surface area (TPSA) is 49.4 Å². The van der Waals surface area contributed by atoms with E-state index in [0.29, 0.717) is 18.0 Å². The molecule has 0 spiro atoms. The predicted octanol–water partition coefficient (Wildman–Crippen LogP) is 2.53. The molecular weight excluding hydrogens is 304 g/mol. The van der Waals surface area contributed by atoms with Crippen LogP contribution in [-0.4, -0.2) is 22.0 Å². The summed E-state index contributed by atoms with van der Waals surface area (Å²) in [6.07, 6.45) is 0.780. The van der Waals surface area contributed by atoms with Crippen LogP contribution in [0.4, 0.5) is 5.69 Å². The van der Waals surface area contributed by atoms with E-state index in [1.165, 1.54) is 11.3 Å². The van der Waals surface area contributed by atoms with Crippen LogP contribution in [0.5, 0.6) is 0 Å². The first-order valence-corrected chi connectivity index (χ1v) is 9.14. The molecule has 3 rings (SSSR count). The van der Waals surface area contributed by atoms with Crippen LogP contribution < -0.4 is 9.62 Å². The molecule has 0 atom stereocenters. The Morgan fingerprint density at radius 3 is 2.86 bits per heavy atom. The standard InChI is InChI=1S/C15H18N2O2S2/c1-11-15(9-13(20-11)10-16-2)21(18,19)17-8-7-12-5-3-4-6-14(12)17/h3-6,9,16H,7-8,10H2,1-2H3. The summed E-state index contributed by atoms with van der Waals surface area (Å²) in [6.45, 7) is 3.09. The van der Waals surface area contributed by atoms with Crippen molar-refractivity contribution in [3.8, 4) is 0 Å². The number of thiophene rings is 1. The maximum Gasteiger partial charge on any atom is 0.265 e. The molecule has 21 heavy (non-hydrogen) atoms. The van der Waals surface area contributed by atoms with E-state index in [9.17, 15) is 8.42 Å². The Morgan fingerprint density at radius 1 is 1.33 bits per heavy atom. The van der Waals surface area contributed by atoms with Gasteiger partial charge in [-0.2, -0.15) is 0 Å². The number of anilines is 1. The van der Waals surface area contributed by atoms with Gasteiger partial charge in [-0.3, -0.25) is 4.31 Å². The number of rotatable bonds is 4. The van der Waals surface area contributed by atoms with Crippen LogP contribution in [0.25, 0.3) is 0 Å². The molecule has 0 bridgehead atoms. The minimum atomic E-state index is -3.46. The SMILES string of the molecule is CNCc1cc(S(=O)(=O)N2CCc3ccccc32)c(C)s1. The second-order valence-corrected chi connectivity index (χ2v) is 8.29. The first-order chi connectivity index (χ1) is 10.0. The van der Waals surface area contributed by atoms with Gasteiger partial charge >= 0.3 is 0 Å². The molecule has 2 aromatic rings. The van der Waals surface area contributed by atoms with E-state index < -0.39 is 10.0 Å². The lowest BCUT2D eigenvalue weighted by atomic mass is 10.2. The summed E-state index contributed by atoms with van der Waals surface area (Å²) in [5.41, 5.74) is 1.92. The largest absolute Gasteiger partial charge is 0.315 e. The molecule has 2 heterocycles. The molecule has 1 aliphatic heterocycles. The van der Waals surface area contributed by atoms with E-state index in [0.717, 1.165) is 27.4 Å². The molecule has 0 aliphatic carbocycles. The van der Waals surface area contributed by atoms with Crippen molar-refractivity contribution >= 4 is 27.0 Å². The van der Waals surface area contributed by atoms with E-state index >= 15 is 0 Å². The summed E-state index contributed by atoms with van der Waals surface area (Å²) in [5, 5.41) is 3.06. The maximum absolute atomic E-state index is 12.9. The Morgan fingerprint density at radius 2 is 2.10 bits per heavy atom. The van der Waals surface area contributed by atoms with Crippen LogP contribution in [0.2, 0.25) is 0 Å². The Bertz CT molecular complexity index is 766. The molecule has 112 valence electrons. The number of hydrogen-bond acceptors (Lipinski definition) is 4. The van der Waals surface area contributed by atoms with Crippen molar-refractivity contribution in [3.05, 3.63) is 45.6 Å². The van der Waals surface area contributed by atoms with Crippen molar-refractivity contribution < 1.29 is 8.42 Å². The van der Waals surface area contributed by atoms with Crippen LogP contribution in [0.1, 0.15) is 15.3 Å². The minimum Gasteiger partial charge on any atom is -0.315 e. The van der Waals surface area contributed by atoms with Gasteiger partial charge in [0.05, 0.1) is 5.69 Å². The summed E-state index contributed by atoms with van der Waals surface area (Å²) in [4.78, 5) is 2.33. The molecule has 1 N–H and O–H groups in total. The molecule has 0 radical (unpaired) electrons. The van der Waals surface area contributed by atoms with Crippen LogP contribution in [0, 0.1) is 6.92 Å². The molecule has 4 nitrogen and oxygen atoms in total. The quantitative estimate of drug-likeness (QED) is 0.941. The second-order valence-electron chi connectivity index (χ2n) is 5.12. The van der Waals surface area contributed by atoms with Crippen LogP contribution in [0.15, 0.2) is 35.2 Å². The van der Waals surface area contributed by atoms with Gasteiger partial charge in [-0.05, 0) is 38.1 Å². The van der Waals surface area contributed by atoms with Gasteiger partial charge in [0.2, 0.25) is 0 Å². The zero-order chi connectivity index (χ0) is 15.0. The molecule has 1 aromatic carbocycles. The van der Waals surface area contributed by atoms with Crippen molar-refractivity contribution in [3.63, 3.8) is 0 Å². The highest BCUT2D eigenvalue weighted by Crippen LogP contribution is 2.35. The molecule has 1 aromatic heterocycles. The average molecular weight is 322 g/mol. The summed E-state index contributed by atoms with van der Waals surface area (Å²) >= 11 is 1.54. The van der Waals surface area contributed by atoms with E-state index in [4.69, 9.17) is 0 Å². The van der Waals surface area contributed by atoms with Crippen molar-refractivity contribution in [2.45, 2.75) is 24.8 Å². The summed E-state index contributed by atoms with van der Waals surface area (Å²) in [5.74, 6) is 0. The molecule has 0 unspecified atom stereocenters. The highest BCUT2D eigenvalue weighted by Gasteiger charge is 2.32. The molecule has 0 amide bonds. The lowest BCUT2D eigenvalue weighted by molar-refractivity contribution is 0.592. The fourth-order valence-electron chi connectivity index (χ4n) is 2.72. The lowest BCUT2D eigenvalue weighted by Crippen LogP contribution is -2.29. The fourth-order valence-corrected chi connectivity index (χ4v) is 5.84. The molecular formula is C15H18N2O2S2. The van der Waals surface area contributed by atoms with Crippen LogP contribution in [0.3, 0.4) is 0 Å². The van der Waals surface area contributed by atoms with Gasteiger partial charge in [0.1, 0.15) is 4.90 Å². The summed E-state index contributed by atoms with van der Waals surface area (Å²) in [7, 11) is -1.60. The Labute approximate surface area is 129 Å². The number of benzene rings is 1. The number of fused-ring (bicyclic) bond motifs is 1. The summed E-state index contributed by atoms with van der Waals surface area (Å²) in [6, 6.07) is 9.52. The maximum atomic E-state index is 12.9. The number of para-hydroxylation sites is 1. The van der Waals surface area contributed by atoms with E-state index in [-0.39, 0.29) is 0 Å². The number of sulfonamides is 1. The first kappa shape index (κ1) is 14.6. The third kappa shape index (κ3) is 2.47. The Kier molecular flexibility index (Phi) is 3.77. The second kappa shape index (κ2) is 5.44. The fraction of sp³-hybridized carbons (Fsp3) is 0.333. The first-order valence-electron chi connectivity index (χ1n) is 6.88. The van der Waals surface area contributed by atoms with E-state index in [2.05, 4.69) is 5.32 Å². The molecule has 6 heteroatoms. The Balaban J connectivity index is 2.02. The van der Waals surface area contributed by atoms with Gasteiger partial charge in [-0.15, -0.1) is 11.3 Å². The number of hydrogen-bond donors (Lipinski definition) is 1. The molecule has 0 saturated heterocycles. The zero-order valence-electron chi connectivity index (χ0n) is 12.1.